The van der Waals surface area contributed by atoms with Gasteiger partial charge < -0.3 is 21.2 Å². The van der Waals surface area contributed by atoms with E-state index in [9.17, 15) is 0 Å². The lowest BCUT2D eigenvalue weighted by Crippen LogP contribution is -2.40. The predicted octanol–water partition coefficient (Wildman–Crippen LogP) is 2.83. The van der Waals surface area contributed by atoms with E-state index in [-0.39, 0.29) is 5.54 Å². The third-order valence-electron chi connectivity index (χ3n) is 3.05. The fourth-order valence-electron chi connectivity index (χ4n) is 1.89. The standard InChI is InChI=1S/C16H24N6O/c1-10-6-7-12(23-5)11(8-10)20-14-13(17)15(19-9-18-14)21-22-16(2,3)4/h6-9,22H,17H2,1-5H3,(H2,18,19,20,21). The van der Waals surface area contributed by atoms with Crippen molar-refractivity contribution >= 4 is 23.0 Å². The van der Waals surface area contributed by atoms with Gasteiger partial charge in [0.25, 0.3) is 0 Å². The number of nitrogens with one attached hydrogen (secondary N) is 3. The molecule has 0 radical (unpaired) electrons. The summed E-state index contributed by atoms with van der Waals surface area (Å²) < 4.78 is 5.36. The maximum absolute atomic E-state index is 6.16. The Morgan fingerprint density at radius 3 is 2.48 bits per heavy atom. The lowest BCUT2D eigenvalue weighted by atomic mass is 10.1. The first kappa shape index (κ1) is 16.8. The van der Waals surface area contributed by atoms with Crippen LogP contribution in [0.4, 0.5) is 23.0 Å². The molecule has 124 valence electrons. The highest BCUT2D eigenvalue weighted by atomic mass is 16.5. The van der Waals surface area contributed by atoms with Crippen LogP contribution in [0.15, 0.2) is 24.5 Å². The molecule has 7 heteroatoms. The molecule has 0 amide bonds. The summed E-state index contributed by atoms with van der Waals surface area (Å²) in [6, 6.07) is 5.85. The van der Waals surface area contributed by atoms with E-state index in [1.54, 1.807) is 7.11 Å². The van der Waals surface area contributed by atoms with Crippen LogP contribution in [-0.4, -0.2) is 22.6 Å². The van der Waals surface area contributed by atoms with Crippen LogP contribution in [0.2, 0.25) is 0 Å². The number of hydrogen-bond acceptors (Lipinski definition) is 7. The monoisotopic (exact) mass is 316 g/mol. The minimum Gasteiger partial charge on any atom is -0.495 e. The lowest BCUT2D eigenvalue weighted by molar-refractivity contribution is 0.416. The molecule has 5 N–H and O–H groups in total. The highest BCUT2D eigenvalue weighted by Gasteiger charge is 2.13. The Morgan fingerprint density at radius 1 is 1.13 bits per heavy atom. The van der Waals surface area contributed by atoms with Crippen LogP contribution >= 0.6 is 0 Å². The molecular weight excluding hydrogens is 292 g/mol. The van der Waals surface area contributed by atoms with Crippen molar-refractivity contribution in [3.05, 3.63) is 30.1 Å². The summed E-state index contributed by atoms with van der Waals surface area (Å²) in [6.45, 7) is 8.12. The normalized spacial score (nSPS) is 11.2. The number of ether oxygens (including phenoxy) is 1. The van der Waals surface area contributed by atoms with Crippen molar-refractivity contribution in [1.29, 1.82) is 0 Å². The van der Waals surface area contributed by atoms with Gasteiger partial charge in [0.2, 0.25) is 0 Å². The molecule has 23 heavy (non-hydrogen) atoms. The van der Waals surface area contributed by atoms with Crippen LogP contribution in [-0.2, 0) is 0 Å². The number of nitrogens with zero attached hydrogens (tertiary/aromatic N) is 2. The molecule has 1 heterocycles. The molecule has 2 aromatic rings. The van der Waals surface area contributed by atoms with Crippen molar-refractivity contribution in [1.82, 2.24) is 15.4 Å². The number of nitrogen functional groups attached to an aromatic ring is 1. The van der Waals surface area contributed by atoms with Crippen molar-refractivity contribution < 1.29 is 4.74 Å². The van der Waals surface area contributed by atoms with E-state index in [2.05, 4.69) is 26.1 Å². The Labute approximate surface area is 136 Å². The maximum atomic E-state index is 6.16. The van der Waals surface area contributed by atoms with E-state index >= 15 is 0 Å². The summed E-state index contributed by atoms with van der Waals surface area (Å²) in [5, 5.41) is 3.20. The lowest BCUT2D eigenvalue weighted by Gasteiger charge is -2.22. The van der Waals surface area contributed by atoms with Crippen molar-refractivity contribution in [2.24, 2.45) is 0 Å². The second kappa shape index (κ2) is 6.70. The second-order valence-corrected chi connectivity index (χ2v) is 6.31. The Morgan fingerprint density at radius 2 is 1.83 bits per heavy atom. The number of methoxy groups -OCH3 is 1. The van der Waals surface area contributed by atoms with Crippen LogP contribution in [0.3, 0.4) is 0 Å². The molecule has 2 rings (SSSR count). The van der Waals surface area contributed by atoms with Gasteiger partial charge in [-0.2, -0.15) is 0 Å². The largest absolute Gasteiger partial charge is 0.495 e. The number of nitrogens with two attached hydrogens (primary N) is 1. The van der Waals surface area contributed by atoms with Crippen LogP contribution in [0.5, 0.6) is 5.75 Å². The summed E-state index contributed by atoms with van der Waals surface area (Å²) in [5.41, 5.74) is 14.5. The van der Waals surface area contributed by atoms with E-state index in [1.807, 2.05) is 45.9 Å². The second-order valence-electron chi connectivity index (χ2n) is 6.31. The Kier molecular flexibility index (Phi) is 4.90. The average Bonchev–Trinajstić information content (AvgIpc) is 2.47. The number of aryl methyl sites for hydroxylation is 1. The first-order valence-corrected chi connectivity index (χ1v) is 7.35. The van der Waals surface area contributed by atoms with Crippen molar-refractivity contribution in [2.45, 2.75) is 33.2 Å². The van der Waals surface area contributed by atoms with Crippen LogP contribution in [0.1, 0.15) is 26.3 Å². The third kappa shape index (κ3) is 4.46. The third-order valence-corrected chi connectivity index (χ3v) is 3.05. The molecule has 0 fully saturated rings. The molecule has 1 aromatic heterocycles. The van der Waals surface area contributed by atoms with Gasteiger partial charge in [-0.05, 0) is 45.4 Å². The van der Waals surface area contributed by atoms with E-state index in [0.29, 0.717) is 17.3 Å². The Bertz CT molecular complexity index is 681. The Balaban J connectivity index is 2.26. The zero-order valence-electron chi connectivity index (χ0n) is 14.2. The Hall–Kier alpha value is -2.54. The number of hydrazine groups is 1. The molecule has 0 saturated carbocycles. The first-order chi connectivity index (χ1) is 10.8. The summed E-state index contributed by atoms with van der Waals surface area (Å²) in [5.74, 6) is 1.75. The van der Waals surface area contributed by atoms with E-state index < -0.39 is 0 Å². The van der Waals surface area contributed by atoms with Gasteiger partial charge in [-0.1, -0.05) is 6.07 Å². The molecule has 1 aromatic carbocycles. The van der Waals surface area contributed by atoms with E-state index in [0.717, 1.165) is 17.0 Å². The fraction of sp³-hybridized carbons (Fsp3) is 0.375. The molecule has 0 unspecified atom stereocenters. The molecule has 0 bridgehead atoms. The molecule has 0 atom stereocenters. The van der Waals surface area contributed by atoms with Gasteiger partial charge >= 0.3 is 0 Å². The van der Waals surface area contributed by atoms with Crippen molar-refractivity contribution in [2.75, 3.05) is 23.6 Å². The highest BCUT2D eigenvalue weighted by molar-refractivity contribution is 5.79. The number of aromatic nitrogens is 2. The first-order valence-electron chi connectivity index (χ1n) is 7.35. The molecule has 7 nitrogen and oxygen atoms in total. The topological polar surface area (TPSA) is 97.1 Å². The molecule has 0 spiro atoms. The zero-order chi connectivity index (χ0) is 17.0. The number of rotatable bonds is 5. The van der Waals surface area contributed by atoms with Crippen molar-refractivity contribution in [3.8, 4) is 5.75 Å². The highest BCUT2D eigenvalue weighted by Crippen LogP contribution is 2.31. The summed E-state index contributed by atoms with van der Waals surface area (Å²) in [6.07, 6.45) is 1.45. The summed E-state index contributed by atoms with van der Waals surface area (Å²) >= 11 is 0. The number of benzene rings is 1. The van der Waals surface area contributed by atoms with Gasteiger partial charge in [0.1, 0.15) is 17.8 Å². The summed E-state index contributed by atoms with van der Waals surface area (Å²) in [4.78, 5) is 8.38. The minimum atomic E-state index is -0.120. The average molecular weight is 316 g/mol. The quantitative estimate of drug-likeness (QED) is 0.630. The molecule has 0 aliphatic rings. The van der Waals surface area contributed by atoms with Gasteiger partial charge in [-0.15, -0.1) is 0 Å². The number of hydrogen-bond donors (Lipinski definition) is 4. The van der Waals surface area contributed by atoms with Gasteiger partial charge in [0.15, 0.2) is 11.6 Å². The van der Waals surface area contributed by atoms with Crippen LogP contribution in [0.25, 0.3) is 0 Å². The van der Waals surface area contributed by atoms with Crippen LogP contribution < -0.4 is 26.6 Å². The summed E-state index contributed by atoms with van der Waals surface area (Å²) in [7, 11) is 1.62. The van der Waals surface area contributed by atoms with E-state index in [4.69, 9.17) is 10.5 Å². The zero-order valence-corrected chi connectivity index (χ0v) is 14.2. The SMILES string of the molecule is COc1ccc(C)cc1Nc1ncnc(NNC(C)(C)C)c1N. The molecule has 0 aliphatic heterocycles. The van der Waals surface area contributed by atoms with Gasteiger partial charge in [-0.3, -0.25) is 0 Å². The minimum absolute atomic E-state index is 0.120. The molecule has 0 saturated heterocycles. The van der Waals surface area contributed by atoms with Gasteiger partial charge in [0.05, 0.1) is 12.8 Å². The van der Waals surface area contributed by atoms with Crippen LogP contribution in [0, 0.1) is 6.92 Å². The smallest absolute Gasteiger partial charge is 0.169 e. The molecular formula is C16H24N6O. The fourth-order valence-corrected chi connectivity index (χ4v) is 1.89. The van der Waals surface area contributed by atoms with Gasteiger partial charge in [0, 0.05) is 5.54 Å². The van der Waals surface area contributed by atoms with Crippen molar-refractivity contribution in [3.63, 3.8) is 0 Å². The molecule has 0 aliphatic carbocycles. The maximum Gasteiger partial charge on any atom is 0.169 e. The van der Waals surface area contributed by atoms with E-state index in [1.165, 1.54) is 6.33 Å². The van der Waals surface area contributed by atoms with Gasteiger partial charge in [-0.25, -0.2) is 15.4 Å². The predicted molar refractivity (Wildman–Crippen MR) is 94.0 cm³/mol. The number of anilines is 4.